The standard InChI is InChI=1S/C9H14N4O2/c1-12-6-11-4-7(12)9(14)13-2-3-15-8(10)5-13/h4,6,8H,2-3,5,10H2,1H3. The Morgan fingerprint density at radius 3 is 3.13 bits per heavy atom. The van der Waals surface area contributed by atoms with E-state index in [9.17, 15) is 4.79 Å². The van der Waals surface area contributed by atoms with Crippen molar-refractivity contribution in [1.29, 1.82) is 0 Å². The van der Waals surface area contributed by atoms with Crippen LogP contribution in [-0.4, -0.2) is 46.3 Å². The second kappa shape index (κ2) is 4.00. The number of nitrogens with zero attached hydrogens (tertiary/aromatic N) is 3. The molecule has 0 radical (unpaired) electrons. The van der Waals surface area contributed by atoms with Crippen LogP contribution in [0.15, 0.2) is 12.5 Å². The quantitative estimate of drug-likeness (QED) is 0.657. The molecule has 1 aromatic rings. The van der Waals surface area contributed by atoms with Gasteiger partial charge in [-0.1, -0.05) is 0 Å². The van der Waals surface area contributed by atoms with Crippen LogP contribution in [0.4, 0.5) is 0 Å². The lowest BCUT2D eigenvalue weighted by atomic mass is 10.3. The molecule has 2 heterocycles. The lowest BCUT2D eigenvalue weighted by molar-refractivity contribution is -0.0184. The van der Waals surface area contributed by atoms with Crippen LogP contribution >= 0.6 is 0 Å². The average Bonchev–Trinajstić information content (AvgIpc) is 2.63. The summed E-state index contributed by atoms with van der Waals surface area (Å²) in [6.45, 7) is 1.51. The van der Waals surface area contributed by atoms with Crippen molar-refractivity contribution in [3.63, 3.8) is 0 Å². The van der Waals surface area contributed by atoms with Gasteiger partial charge in [-0.3, -0.25) is 4.79 Å². The first-order valence-corrected chi connectivity index (χ1v) is 4.81. The van der Waals surface area contributed by atoms with E-state index < -0.39 is 0 Å². The SMILES string of the molecule is Cn1cncc1C(=O)N1CCOC(N)C1. The predicted molar refractivity (Wildman–Crippen MR) is 53.0 cm³/mol. The number of hydrogen-bond donors (Lipinski definition) is 1. The summed E-state index contributed by atoms with van der Waals surface area (Å²) in [7, 11) is 1.79. The highest BCUT2D eigenvalue weighted by molar-refractivity contribution is 5.92. The van der Waals surface area contributed by atoms with Crippen LogP contribution in [0.25, 0.3) is 0 Å². The number of aryl methyl sites for hydroxylation is 1. The van der Waals surface area contributed by atoms with Gasteiger partial charge in [0.25, 0.3) is 5.91 Å². The molecule has 2 N–H and O–H groups in total. The van der Waals surface area contributed by atoms with E-state index in [0.717, 1.165) is 0 Å². The number of imidazole rings is 1. The van der Waals surface area contributed by atoms with Gasteiger partial charge in [-0.2, -0.15) is 0 Å². The van der Waals surface area contributed by atoms with E-state index in [0.29, 0.717) is 25.4 Å². The molecule has 1 aliphatic heterocycles. The van der Waals surface area contributed by atoms with E-state index in [2.05, 4.69) is 4.98 Å². The van der Waals surface area contributed by atoms with Crippen LogP contribution in [0.3, 0.4) is 0 Å². The van der Waals surface area contributed by atoms with E-state index in [4.69, 9.17) is 10.5 Å². The molecule has 0 saturated carbocycles. The van der Waals surface area contributed by atoms with Gasteiger partial charge >= 0.3 is 0 Å². The summed E-state index contributed by atoms with van der Waals surface area (Å²) in [5.74, 6) is -0.0475. The molecule has 1 fully saturated rings. The van der Waals surface area contributed by atoms with E-state index in [1.807, 2.05) is 0 Å². The number of rotatable bonds is 1. The van der Waals surface area contributed by atoms with Crippen molar-refractivity contribution in [2.75, 3.05) is 19.7 Å². The van der Waals surface area contributed by atoms with Gasteiger partial charge in [-0.05, 0) is 0 Å². The van der Waals surface area contributed by atoms with Crippen molar-refractivity contribution in [1.82, 2.24) is 14.5 Å². The number of morpholine rings is 1. The Balaban J connectivity index is 2.11. The molecule has 0 aromatic carbocycles. The van der Waals surface area contributed by atoms with Crippen LogP contribution < -0.4 is 5.73 Å². The average molecular weight is 210 g/mol. The molecular formula is C9H14N4O2. The van der Waals surface area contributed by atoms with Gasteiger partial charge in [0.05, 0.1) is 25.7 Å². The number of carbonyl (C=O) groups excluding carboxylic acids is 1. The summed E-state index contributed by atoms with van der Waals surface area (Å²) in [4.78, 5) is 17.6. The molecule has 15 heavy (non-hydrogen) atoms. The monoisotopic (exact) mass is 210 g/mol. The molecule has 1 amide bonds. The van der Waals surface area contributed by atoms with Crippen molar-refractivity contribution in [2.24, 2.45) is 12.8 Å². The first-order chi connectivity index (χ1) is 7.18. The second-order valence-electron chi connectivity index (χ2n) is 3.55. The second-order valence-corrected chi connectivity index (χ2v) is 3.55. The molecule has 0 spiro atoms. The van der Waals surface area contributed by atoms with E-state index in [1.165, 1.54) is 0 Å². The highest BCUT2D eigenvalue weighted by atomic mass is 16.5. The van der Waals surface area contributed by atoms with E-state index in [1.54, 1.807) is 29.0 Å². The molecule has 1 aromatic heterocycles. The van der Waals surface area contributed by atoms with Crippen LogP contribution in [0.1, 0.15) is 10.5 Å². The molecular weight excluding hydrogens is 196 g/mol. The lowest BCUT2D eigenvalue weighted by Crippen LogP contribution is -2.49. The maximum Gasteiger partial charge on any atom is 0.272 e. The summed E-state index contributed by atoms with van der Waals surface area (Å²) in [5, 5.41) is 0. The highest BCUT2D eigenvalue weighted by Gasteiger charge is 2.24. The van der Waals surface area contributed by atoms with Gasteiger partial charge in [0.1, 0.15) is 11.9 Å². The Kier molecular flexibility index (Phi) is 2.70. The number of aromatic nitrogens is 2. The number of nitrogens with two attached hydrogens (primary N) is 1. The van der Waals surface area contributed by atoms with Gasteiger partial charge < -0.3 is 19.9 Å². The summed E-state index contributed by atoms with van der Waals surface area (Å²) < 4.78 is 6.86. The summed E-state index contributed by atoms with van der Waals surface area (Å²) in [6.07, 6.45) is 2.78. The first kappa shape index (κ1) is 10.1. The third-order valence-corrected chi connectivity index (χ3v) is 2.42. The molecule has 0 aliphatic carbocycles. The van der Waals surface area contributed by atoms with Gasteiger partial charge in [-0.25, -0.2) is 4.98 Å². The number of carbonyl (C=O) groups is 1. The van der Waals surface area contributed by atoms with E-state index >= 15 is 0 Å². The zero-order chi connectivity index (χ0) is 10.8. The normalized spacial score (nSPS) is 21.7. The highest BCUT2D eigenvalue weighted by Crippen LogP contribution is 2.07. The minimum atomic E-state index is -0.379. The maximum atomic E-state index is 12.0. The zero-order valence-corrected chi connectivity index (χ0v) is 8.59. The summed E-state index contributed by atoms with van der Waals surface area (Å²) in [6, 6.07) is 0. The van der Waals surface area contributed by atoms with Crippen molar-refractivity contribution >= 4 is 5.91 Å². The third kappa shape index (κ3) is 2.00. The molecule has 1 unspecified atom stereocenters. The molecule has 0 bridgehead atoms. The van der Waals surface area contributed by atoms with Crippen molar-refractivity contribution in [3.8, 4) is 0 Å². The Morgan fingerprint density at radius 1 is 1.73 bits per heavy atom. The Labute approximate surface area is 87.6 Å². The maximum absolute atomic E-state index is 12.0. The summed E-state index contributed by atoms with van der Waals surface area (Å²) >= 11 is 0. The van der Waals surface area contributed by atoms with Gasteiger partial charge in [0, 0.05) is 13.6 Å². The van der Waals surface area contributed by atoms with Crippen LogP contribution in [-0.2, 0) is 11.8 Å². The molecule has 1 atom stereocenters. The van der Waals surface area contributed by atoms with Crippen molar-refractivity contribution in [2.45, 2.75) is 6.23 Å². The lowest BCUT2D eigenvalue weighted by Gasteiger charge is -2.30. The fourth-order valence-electron chi connectivity index (χ4n) is 1.59. The fourth-order valence-corrected chi connectivity index (χ4v) is 1.59. The summed E-state index contributed by atoms with van der Waals surface area (Å²) in [5.41, 5.74) is 6.19. The Hall–Kier alpha value is -1.40. The first-order valence-electron chi connectivity index (χ1n) is 4.81. The Bertz CT molecular complexity index is 363. The van der Waals surface area contributed by atoms with Gasteiger partial charge in [0.2, 0.25) is 0 Å². The van der Waals surface area contributed by atoms with Crippen LogP contribution in [0, 0.1) is 0 Å². The predicted octanol–water partition coefficient (Wildman–Crippen LogP) is -0.823. The Morgan fingerprint density at radius 2 is 2.53 bits per heavy atom. The number of amides is 1. The third-order valence-electron chi connectivity index (χ3n) is 2.42. The zero-order valence-electron chi connectivity index (χ0n) is 8.59. The molecule has 6 nitrogen and oxygen atoms in total. The van der Waals surface area contributed by atoms with Crippen molar-refractivity contribution in [3.05, 3.63) is 18.2 Å². The number of ether oxygens (including phenoxy) is 1. The topological polar surface area (TPSA) is 73.4 Å². The minimum absolute atomic E-state index is 0.0475. The molecule has 82 valence electrons. The molecule has 6 heteroatoms. The largest absolute Gasteiger partial charge is 0.360 e. The molecule has 1 saturated heterocycles. The smallest absolute Gasteiger partial charge is 0.272 e. The van der Waals surface area contributed by atoms with Gasteiger partial charge in [-0.15, -0.1) is 0 Å². The molecule has 1 aliphatic rings. The van der Waals surface area contributed by atoms with Gasteiger partial charge in [0.15, 0.2) is 0 Å². The number of hydrogen-bond acceptors (Lipinski definition) is 4. The minimum Gasteiger partial charge on any atom is -0.360 e. The van der Waals surface area contributed by atoms with Crippen molar-refractivity contribution < 1.29 is 9.53 Å². The fraction of sp³-hybridized carbons (Fsp3) is 0.556. The molecule has 2 rings (SSSR count). The van der Waals surface area contributed by atoms with Crippen LogP contribution in [0.2, 0.25) is 0 Å². The van der Waals surface area contributed by atoms with E-state index in [-0.39, 0.29) is 12.1 Å². The van der Waals surface area contributed by atoms with Crippen LogP contribution in [0.5, 0.6) is 0 Å².